The molecule has 4 nitrogen and oxygen atoms in total. The zero-order chi connectivity index (χ0) is 9.00. The fourth-order valence-electron chi connectivity index (χ4n) is 0. The smallest absolute Gasteiger partial charge is 0.850 e. The van der Waals surface area contributed by atoms with E-state index in [1.807, 2.05) is 0 Å². The molecule has 0 aromatic heterocycles. The Morgan fingerprint density at radius 1 is 0.692 bits per heavy atom. The standard InChI is InChI=1S/2H3O2PS2.3Pb/c2*1-3(2,4)5;;;/h2*(H3,1,2,4,5);;;/q;;3*+2/p-6. The van der Waals surface area contributed by atoms with E-state index >= 15 is 0 Å². The van der Waals surface area contributed by atoms with Crippen molar-refractivity contribution < 1.29 is 19.6 Å². The van der Waals surface area contributed by atoms with E-state index in [0.29, 0.717) is 0 Å². The van der Waals surface area contributed by atoms with Crippen LogP contribution in [0.15, 0.2) is 0 Å². The van der Waals surface area contributed by atoms with E-state index in [1.165, 1.54) is 0 Å². The molecular formula is O4P2Pb3S4. The van der Waals surface area contributed by atoms with Gasteiger partial charge in [0.05, 0.1) is 0 Å². The molecule has 70 valence electrons. The molecule has 13 heteroatoms. The quantitative estimate of drug-likeness (QED) is 0.138. The van der Waals surface area contributed by atoms with Crippen LogP contribution in [0.1, 0.15) is 0 Å². The van der Waals surface area contributed by atoms with Crippen LogP contribution in [0.5, 0.6) is 0 Å². The van der Waals surface area contributed by atoms with Crippen molar-refractivity contribution >= 4 is 141 Å². The molecule has 0 spiro atoms. The summed E-state index contributed by atoms with van der Waals surface area (Å²) < 4.78 is 0. The van der Waals surface area contributed by atoms with Crippen molar-refractivity contribution in [3.8, 4) is 0 Å². The Hall–Kier alpha value is 4.61. The molecule has 0 unspecified atom stereocenters. The predicted octanol–water partition coefficient (Wildman–Crippen LogP) is -4.19. The molecule has 0 aromatic rings. The average Bonchev–Trinajstić information content (AvgIpc) is 1.12. The van der Waals surface area contributed by atoms with Crippen molar-refractivity contribution in [2.75, 3.05) is 0 Å². The fourth-order valence-corrected chi connectivity index (χ4v) is 0. The van der Waals surface area contributed by atoms with Gasteiger partial charge in [-0.05, 0) is 0 Å². The number of rotatable bonds is 0. The maximum Gasteiger partial charge on any atom is 2.00 e. The summed E-state index contributed by atoms with van der Waals surface area (Å²) in [4.78, 5) is 37.2. The molecule has 0 rings (SSSR count). The van der Waals surface area contributed by atoms with Gasteiger partial charge in [-0.25, -0.2) is 0 Å². The molecular weight excluding hydrogens is 876 g/mol. The summed E-state index contributed by atoms with van der Waals surface area (Å²) in [5.41, 5.74) is -7.44. The van der Waals surface area contributed by atoms with Crippen molar-refractivity contribution in [2.45, 2.75) is 0 Å². The van der Waals surface area contributed by atoms with Gasteiger partial charge in [-0.1, -0.05) is 0 Å². The van der Waals surface area contributed by atoms with E-state index in [9.17, 15) is 19.6 Å². The second-order valence-electron chi connectivity index (χ2n) is 0.894. The molecule has 0 aromatic carbocycles. The van der Waals surface area contributed by atoms with Crippen LogP contribution in [-0.2, 0) is 48.1 Å². The third-order valence-electron chi connectivity index (χ3n) is 0. The second kappa shape index (κ2) is 14.7. The minimum Gasteiger partial charge on any atom is -0.850 e. The zero-order valence-electron chi connectivity index (χ0n) is 5.66. The molecule has 0 bridgehead atoms. The Morgan fingerprint density at radius 3 is 0.692 bits per heavy atom. The van der Waals surface area contributed by atoms with Gasteiger partial charge in [0.25, 0.3) is 0 Å². The third-order valence-corrected chi connectivity index (χ3v) is 0. The van der Waals surface area contributed by atoms with E-state index < -0.39 is 11.4 Å². The molecule has 0 saturated carbocycles. The molecule has 0 fully saturated rings. The van der Waals surface area contributed by atoms with Crippen LogP contribution < -0.4 is 19.6 Å². The van der Waals surface area contributed by atoms with Gasteiger partial charge in [0.1, 0.15) is 0 Å². The van der Waals surface area contributed by atoms with Gasteiger partial charge in [-0.3, -0.25) is 0 Å². The van der Waals surface area contributed by atoms with Gasteiger partial charge in [0, 0.05) is 0 Å². The SMILES string of the molecule is [O-]P([O-])(=S)[S-].[O-]P([O-])(=S)[S-].[Pb+2].[Pb+2].[Pb+2]. The second-order valence-corrected chi connectivity index (χ2v) is 9.84. The van der Waals surface area contributed by atoms with Crippen molar-refractivity contribution in [3.63, 3.8) is 0 Å². The van der Waals surface area contributed by atoms with E-state index in [-0.39, 0.29) is 81.9 Å². The van der Waals surface area contributed by atoms with E-state index in [1.54, 1.807) is 0 Å². The van der Waals surface area contributed by atoms with Gasteiger partial charge in [0.15, 0.2) is 0 Å². The van der Waals surface area contributed by atoms with Crippen molar-refractivity contribution in [2.24, 2.45) is 0 Å². The van der Waals surface area contributed by atoms with Crippen LogP contribution in [-0.4, -0.2) is 81.9 Å². The minimum absolute atomic E-state index is 0. The third kappa shape index (κ3) is 167. The summed E-state index contributed by atoms with van der Waals surface area (Å²) in [5.74, 6) is 0. The van der Waals surface area contributed by atoms with Gasteiger partial charge in [-0.2, -0.15) is 23.6 Å². The predicted molar refractivity (Wildman–Crippen MR) is 60.6 cm³/mol. The molecule has 0 heterocycles. The topological polar surface area (TPSA) is 92.2 Å². The molecule has 6 radical (unpaired) electrons. The van der Waals surface area contributed by atoms with Gasteiger partial charge in [0.2, 0.25) is 0 Å². The molecule has 0 atom stereocenters. The summed E-state index contributed by atoms with van der Waals surface area (Å²) in [6.07, 6.45) is 0. The van der Waals surface area contributed by atoms with Crippen molar-refractivity contribution in [3.05, 3.63) is 0 Å². The molecule has 13 heavy (non-hydrogen) atoms. The monoisotopic (exact) mass is 878 g/mol. The average molecular weight is 876 g/mol. The maximum atomic E-state index is 9.29. The first-order valence-electron chi connectivity index (χ1n) is 1.46. The molecule has 0 aliphatic heterocycles. The first-order valence-corrected chi connectivity index (χ1v) is 8.76. The Bertz CT molecular complexity index is 138. The van der Waals surface area contributed by atoms with Crippen molar-refractivity contribution in [1.82, 2.24) is 0 Å². The zero-order valence-corrected chi connectivity index (χ0v) is 22.4. The Balaban J connectivity index is -0.0000000267. The number of hydrogen-bond donors (Lipinski definition) is 0. The first kappa shape index (κ1) is 30.6. The Kier molecular flexibility index (Phi) is 34.5. The summed E-state index contributed by atoms with van der Waals surface area (Å²) in [7, 11) is 0. The van der Waals surface area contributed by atoms with Gasteiger partial charge in [-0.15, -0.1) is 0 Å². The van der Waals surface area contributed by atoms with Gasteiger partial charge >= 0.3 is 81.9 Å². The van der Waals surface area contributed by atoms with Gasteiger partial charge < -0.3 is 55.5 Å². The molecule has 0 N–H and O–H groups in total. The van der Waals surface area contributed by atoms with Crippen LogP contribution in [0, 0.1) is 0 Å². The summed E-state index contributed by atoms with van der Waals surface area (Å²) >= 11 is 14.6. The fraction of sp³-hybridized carbons (Fsp3) is 0. The van der Waals surface area contributed by atoms with E-state index in [2.05, 4.69) is 48.1 Å². The van der Waals surface area contributed by atoms with Crippen LogP contribution in [0.2, 0.25) is 0 Å². The van der Waals surface area contributed by atoms with Crippen LogP contribution in [0.4, 0.5) is 0 Å². The van der Waals surface area contributed by atoms with Crippen LogP contribution in [0.3, 0.4) is 0 Å². The Labute approximate surface area is 158 Å². The van der Waals surface area contributed by atoms with Crippen LogP contribution >= 0.6 is 11.4 Å². The van der Waals surface area contributed by atoms with E-state index in [4.69, 9.17) is 0 Å². The molecule has 0 amide bonds. The van der Waals surface area contributed by atoms with Crippen molar-refractivity contribution in [1.29, 1.82) is 0 Å². The summed E-state index contributed by atoms with van der Waals surface area (Å²) in [5, 5.41) is 0. The largest absolute Gasteiger partial charge is 2.00 e. The normalized spacial score (nSPS) is 9.08. The van der Waals surface area contributed by atoms with Crippen LogP contribution in [0.25, 0.3) is 0 Å². The molecule has 0 aliphatic carbocycles. The molecule has 0 aliphatic rings. The minimum atomic E-state index is -3.72. The summed E-state index contributed by atoms with van der Waals surface area (Å²) in [6, 6.07) is 0. The first-order chi connectivity index (χ1) is 4.00. The molecule has 0 saturated heterocycles. The van der Waals surface area contributed by atoms with E-state index in [0.717, 1.165) is 0 Å². The maximum absolute atomic E-state index is 9.29. The summed E-state index contributed by atoms with van der Waals surface area (Å²) in [6.45, 7) is 0. The Morgan fingerprint density at radius 2 is 0.692 bits per heavy atom. The number of hydrogen-bond acceptors (Lipinski definition) is 8.